The highest BCUT2D eigenvalue weighted by molar-refractivity contribution is 5.38. The Morgan fingerprint density at radius 3 is 2.47 bits per heavy atom. The van der Waals surface area contributed by atoms with Gasteiger partial charge in [-0.1, -0.05) is 6.42 Å². The van der Waals surface area contributed by atoms with Gasteiger partial charge in [-0.2, -0.15) is 0 Å². The maximum Gasteiger partial charge on any atom is 0.123 e. The quantitative estimate of drug-likeness (QED) is 0.872. The Balaban J connectivity index is 2.07. The lowest BCUT2D eigenvalue weighted by molar-refractivity contribution is 0.154. The molecule has 0 atom stereocenters. The molecule has 17 heavy (non-hydrogen) atoms. The van der Waals surface area contributed by atoms with Gasteiger partial charge in [0.1, 0.15) is 11.5 Å². The minimum atomic E-state index is 0.362. The molecule has 1 aromatic carbocycles. The predicted octanol–water partition coefficient (Wildman–Crippen LogP) is 2.87. The van der Waals surface area contributed by atoms with Gasteiger partial charge in [-0.05, 0) is 43.4 Å². The Morgan fingerprint density at radius 1 is 1.12 bits per heavy atom. The lowest BCUT2D eigenvalue weighted by Crippen LogP contribution is -2.19. The lowest BCUT2D eigenvalue weighted by atomic mass is 9.98. The summed E-state index contributed by atoms with van der Waals surface area (Å²) in [5.41, 5.74) is 6.72. The van der Waals surface area contributed by atoms with E-state index < -0.39 is 0 Å². The monoisotopic (exact) mass is 235 g/mol. The van der Waals surface area contributed by atoms with Gasteiger partial charge in [-0.25, -0.2) is 0 Å². The van der Waals surface area contributed by atoms with Gasteiger partial charge in [0.25, 0.3) is 0 Å². The topological polar surface area (TPSA) is 44.5 Å². The summed E-state index contributed by atoms with van der Waals surface area (Å²) in [6.45, 7) is 0.512. The Kier molecular flexibility index (Phi) is 4.26. The molecule has 0 heterocycles. The van der Waals surface area contributed by atoms with E-state index in [0.717, 1.165) is 29.9 Å². The molecule has 0 bridgehead atoms. The molecule has 0 amide bonds. The molecule has 1 aliphatic carbocycles. The lowest BCUT2D eigenvalue weighted by Gasteiger charge is -2.23. The van der Waals surface area contributed by atoms with Crippen LogP contribution in [0.5, 0.6) is 11.5 Å². The minimum absolute atomic E-state index is 0.362. The number of benzene rings is 1. The molecule has 0 aromatic heterocycles. The van der Waals surface area contributed by atoms with Crippen molar-refractivity contribution in [1.29, 1.82) is 0 Å². The molecule has 2 N–H and O–H groups in total. The number of ether oxygens (including phenoxy) is 2. The summed E-state index contributed by atoms with van der Waals surface area (Å²) in [7, 11) is 1.67. The maximum absolute atomic E-state index is 6.00. The second-order valence-electron chi connectivity index (χ2n) is 4.60. The molecule has 94 valence electrons. The summed E-state index contributed by atoms with van der Waals surface area (Å²) in [6, 6.07) is 5.90. The van der Waals surface area contributed by atoms with Crippen LogP contribution < -0.4 is 15.2 Å². The molecule has 3 nitrogen and oxygen atoms in total. The van der Waals surface area contributed by atoms with Crippen molar-refractivity contribution in [2.45, 2.75) is 44.8 Å². The third-order valence-corrected chi connectivity index (χ3v) is 3.27. The molecule has 0 aliphatic heterocycles. The largest absolute Gasteiger partial charge is 0.497 e. The molecule has 0 unspecified atom stereocenters. The van der Waals surface area contributed by atoms with Crippen molar-refractivity contribution in [2.75, 3.05) is 7.11 Å². The average Bonchev–Trinajstić information content (AvgIpc) is 2.39. The van der Waals surface area contributed by atoms with Gasteiger partial charge >= 0.3 is 0 Å². The zero-order valence-electron chi connectivity index (χ0n) is 10.4. The highest BCUT2D eigenvalue weighted by atomic mass is 16.5. The van der Waals surface area contributed by atoms with Gasteiger partial charge in [0.2, 0.25) is 0 Å². The van der Waals surface area contributed by atoms with Crippen LogP contribution in [-0.4, -0.2) is 13.2 Å². The van der Waals surface area contributed by atoms with Gasteiger partial charge in [0, 0.05) is 12.6 Å². The van der Waals surface area contributed by atoms with Gasteiger partial charge in [-0.3, -0.25) is 0 Å². The highest BCUT2D eigenvalue weighted by Crippen LogP contribution is 2.27. The van der Waals surface area contributed by atoms with Crippen molar-refractivity contribution >= 4 is 0 Å². The number of hydrogen-bond acceptors (Lipinski definition) is 3. The summed E-state index contributed by atoms with van der Waals surface area (Å²) in [5.74, 6) is 1.70. The van der Waals surface area contributed by atoms with Crippen LogP contribution in [0.15, 0.2) is 18.2 Å². The van der Waals surface area contributed by atoms with E-state index in [1.54, 1.807) is 7.11 Å². The van der Waals surface area contributed by atoms with Gasteiger partial charge < -0.3 is 15.2 Å². The first kappa shape index (κ1) is 12.2. The molecule has 2 rings (SSSR count). The standard InChI is InChI=1S/C14H21NO2/c1-16-13-7-11(10-15)8-14(9-13)17-12-5-3-2-4-6-12/h7-9,12H,2-6,10,15H2,1H3. The Labute approximate surface area is 103 Å². The van der Waals surface area contributed by atoms with E-state index in [2.05, 4.69) is 0 Å². The van der Waals surface area contributed by atoms with Crippen LogP contribution in [-0.2, 0) is 6.54 Å². The zero-order chi connectivity index (χ0) is 12.1. The van der Waals surface area contributed by atoms with Crippen LogP contribution in [0, 0.1) is 0 Å². The summed E-state index contributed by atoms with van der Waals surface area (Å²) in [5, 5.41) is 0. The third-order valence-electron chi connectivity index (χ3n) is 3.27. The molecule has 3 heteroatoms. The number of methoxy groups -OCH3 is 1. The fourth-order valence-electron chi connectivity index (χ4n) is 2.31. The number of rotatable bonds is 4. The molecule has 0 spiro atoms. The van der Waals surface area contributed by atoms with Gasteiger partial charge in [0.15, 0.2) is 0 Å². The summed E-state index contributed by atoms with van der Waals surface area (Å²) >= 11 is 0. The van der Waals surface area contributed by atoms with E-state index in [1.807, 2.05) is 18.2 Å². The van der Waals surface area contributed by atoms with Gasteiger partial charge in [0.05, 0.1) is 13.2 Å². The normalized spacial score (nSPS) is 16.8. The van der Waals surface area contributed by atoms with Crippen molar-refractivity contribution in [3.8, 4) is 11.5 Å². The first-order valence-corrected chi connectivity index (χ1v) is 6.36. The van der Waals surface area contributed by atoms with E-state index in [0.29, 0.717) is 12.6 Å². The molecule has 0 radical (unpaired) electrons. The SMILES string of the molecule is COc1cc(CN)cc(OC2CCCCC2)c1. The van der Waals surface area contributed by atoms with E-state index in [4.69, 9.17) is 15.2 Å². The Morgan fingerprint density at radius 2 is 1.82 bits per heavy atom. The van der Waals surface area contributed by atoms with Gasteiger partial charge in [-0.15, -0.1) is 0 Å². The second kappa shape index (κ2) is 5.92. The minimum Gasteiger partial charge on any atom is -0.497 e. The van der Waals surface area contributed by atoms with Crippen LogP contribution in [0.3, 0.4) is 0 Å². The Hall–Kier alpha value is -1.22. The first-order chi connectivity index (χ1) is 8.31. The predicted molar refractivity (Wildman–Crippen MR) is 68.4 cm³/mol. The first-order valence-electron chi connectivity index (χ1n) is 6.36. The second-order valence-corrected chi connectivity index (χ2v) is 4.60. The number of hydrogen-bond donors (Lipinski definition) is 1. The smallest absolute Gasteiger partial charge is 0.123 e. The van der Waals surface area contributed by atoms with Crippen LogP contribution in [0.25, 0.3) is 0 Å². The van der Waals surface area contributed by atoms with Crippen molar-refractivity contribution in [1.82, 2.24) is 0 Å². The summed E-state index contributed by atoms with van der Waals surface area (Å²) in [6.07, 6.45) is 6.58. The summed E-state index contributed by atoms with van der Waals surface area (Å²) in [4.78, 5) is 0. The van der Waals surface area contributed by atoms with E-state index in [1.165, 1.54) is 19.3 Å². The van der Waals surface area contributed by atoms with Crippen molar-refractivity contribution in [3.63, 3.8) is 0 Å². The van der Waals surface area contributed by atoms with Crippen molar-refractivity contribution in [2.24, 2.45) is 5.73 Å². The molecule has 1 aliphatic rings. The fraction of sp³-hybridized carbons (Fsp3) is 0.571. The van der Waals surface area contributed by atoms with E-state index >= 15 is 0 Å². The maximum atomic E-state index is 6.00. The number of nitrogens with two attached hydrogens (primary N) is 1. The molecule has 1 saturated carbocycles. The molecule has 1 aromatic rings. The molecule has 1 fully saturated rings. The van der Waals surface area contributed by atoms with Crippen LogP contribution in [0.1, 0.15) is 37.7 Å². The van der Waals surface area contributed by atoms with Crippen LogP contribution >= 0.6 is 0 Å². The van der Waals surface area contributed by atoms with Crippen molar-refractivity contribution in [3.05, 3.63) is 23.8 Å². The molecule has 0 saturated heterocycles. The summed E-state index contributed by atoms with van der Waals surface area (Å²) < 4.78 is 11.3. The van der Waals surface area contributed by atoms with Crippen LogP contribution in [0.4, 0.5) is 0 Å². The third kappa shape index (κ3) is 3.37. The van der Waals surface area contributed by atoms with Crippen molar-refractivity contribution < 1.29 is 9.47 Å². The zero-order valence-corrected chi connectivity index (χ0v) is 10.4. The van der Waals surface area contributed by atoms with E-state index in [-0.39, 0.29) is 0 Å². The van der Waals surface area contributed by atoms with Crippen LogP contribution in [0.2, 0.25) is 0 Å². The average molecular weight is 235 g/mol. The molecular weight excluding hydrogens is 214 g/mol. The highest BCUT2D eigenvalue weighted by Gasteiger charge is 2.15. The van der Waals surface area contributed by atoms with E-state index in [9.17, 15) is 0 Å². The fourth-order valence-corrected chi connectivity index (χ4v) is 2.31. The molecular formula is C14H21NO2. The Bertz CT molecular complexity index is 337.